The first-order valence-corrected chi connectivity index (χ1v) is 6.91. The van der Waals surface area contributed by atoms with Gasteiger partial charge in [-0.1, -0.05) is 28.9 Å². The third-order valence-electron chi connectivity index (χ3n) is 2.95. The highest BCUT2D eigenvalue weighted by atomic mass is 32.1. The predicted molar refractivity (Wildman–Crippen MR) is 82.2 cm³/mol. The smallest absolute Gasteiger partial charge is 0.246 e. The average molecular weight is 290 g/mol. The van der Waals surface area contributed by atoms with Gasteiger partial charge in [0.1, 0.15) is 0 Å². The van der Waals surface area contributed by atoms with Gasteiger partial charge in [0.15, 0.2) is 5.11 Å². The Kier molecular flexibility index (Phi) is 4.68. The van der Waals surface area contributed by atoms with Gasteiger partial charge in [0.2, 0.25) is 11.7 Å². The van der Waals surface area contributed by atoms with Gasteiger partial charge < -0.3 is 14.7 Å². The van der Waals surface area contributed by atoms with E-state index < -0.39 is 0 Å². The number of nitrogens with zero attached hydrogens (tertiary/aromatic N) is 3. The van der Waals surface area contributed by atoms with Crippen molar-refractivity contribution in [1.29, 1.82) is 0 Å². The molecule has 1 aromatic heterocycles. The number of thiocarbonyl (C=S) groups is 1. The Morgan fingerprint density at radius 2 is 2.25 bits per heavy atom. The summed E-state index contributed by atoms with van der Waals surface area (Å²) in [7, 11) is 1.80. The molecule has 0 aliphatic heterocycles. The standard InChI is InChI=1S/C14H18N4OS/c1-4-18(14(20)15-3)9-12-16-13(17-19-12)11-7-5-6-10(2)8-11/h5-8H,4,9H2,1-3H3,(H,15,20). The van der Waals surface area contributed by atoms with Crippen molar-refractivity contribution >= 4 is 17.3 Å². The lowest BCUT2D eigenvalue weighted by molar-refractivity contribution is 0.317. The minimum atomic E-state index is 0.509. The second kappa shape index (κ2) is 6.47. The van der Waals surface area contributed by atoms with Crippen LogP contribution in [0.3, 0.4) is 0 Å². The Balaban J connectivity index is 2.15. The van der Waals surface area contributed by atoms with Crippen LogP contribution in [0.5, 0.6) is 0 Å². The first kappa shape index (κ1) is 14.5. The molecule has 0 radical (unpaired) electrons. The summed E-state index contributed by atoms with van der Waals surface area (Å²) < 4.78 is 5.30. The number of hydrogen-bond acceptors (Lipinski definition) is 4. The van der Waals surface area contributed by atoms with Crippen molar-refractivity contribution in [2.75, 3.05) is 13.6 Å². The van der Waals surface area contributed by atoms with Crippen LogP contribution in [0, 0.1) is 6.92 Å². The fraction of sp³-hybridized carbons (Fsp3) is 0.357. The summed E-state index contributed by atoms with van der Waals surface area (Å²) in [5.74, 6) is 1.16. The zero-order valence-corrected chi connectivity index (χ0v) is 12.7. The lowest BCUT2D eigenvalue weighted by Crippen LogP contribution is -2.37. The van der Waals surface area contributed by atoms with E-state index in [9.17, 15) is 0 Å². The first-order chi connectivity index (χ1) is 9.63. The second-order valence-electron chi connectivity index (χ2n) is 4.45. The quantitative estimate of drug-likeness (QED) is 0.873. The highest BCUT2D eigenvalue weighted by Crippen LogP contribution is 2.17. The molecular weight excluding hydrogens is 272 g/mol. The van der Waals surface area contributed by atoms with Crippen molar-refractivity contribution in [2.45, 2.75) is 20.4 Å². The molecule has 2 rings (SSSR count). The van der Waals surface area contributed by atoms with E-state index in [0.29, 0.717) is 23.4 Å². The SMILES string of the molecule is CCN(Cc1nc(-c2cccc(C)c2)no1)C(=S)NC. The van der Waals surface area contributed by atoms with Gasteiger partial charge in [0.25, 0.3) is 0 Å². The zero-order valence-electron chi connectivity index (χ0n) is 11.9. The lowest BCUT2D eigenvalue weighted by atomic mass is 10.1. The van der Waals surface area contributed by atoms with Crippen molar-refractivity contribution in [3.8, 4) is 11.4 Å². The molecule has 0 spiro atoms. The molecule has 1 heterocycles. The Morgan fingerprint density at radius 3 is 2.90 bits per heavy atom. The molecule has 0 amide bonds. The third kappa shape index (κ3) is 3.33. The highest BCUT2D eigenvalue weighted by molar-refractivity contribution is 7.80. The van der Waals surface area contributed by atoms with E-state index in [0.717, 1.165) is 12.1 Å². The largest absolute Gasteiger partial charge is 0.366 e. The van der Waals surface area contributed by atoms with Crippen LogP contribution in [-0.2, 0) is 6.54 Å². The monoisotopic (exact) mass is 290 g/mol. The van der Waals surface area contributed by atoms with Crippen LogP contribution in [0.2, 0.25) is 0 Å². The van der Waals surface area contributed by atoms with Crippen LogP contribution in [0.25, 0.3) is 11.4 Å². The summed E-state index contributed by atoms with van der Waals surface area (Å²) in [5.41, 5.74) is 2.12. The molecule has 1 N–H and O–H groups in total. The average Bonchev–Trinajstić information content (AvgIpc) is 2.92. The Morgan fingerprint density at radius 1 is 1.45 bits per heavy atom. The van der Waals surface area contributed by atoms with Gasteiger partial charge in [0, 0.05) is 19.2 Å². The van der Waals surface area contributed by atoms with Crippen molar-refractivity contribution < 1.29 is 4.52 Å². The molecule has 0 saturated carbocycles. The summed E-state index contributed by atoms with van der Waals surface area (Å²) in [6.45, 7) is 5.35. The van der Waals surface area contributed by atoms with Crippen LogP contribution in [0.1, 0.15) is 18.4 Å². The van der Waals surface area contributed by atoms with E-state index in [1.807, 2.05) is 43.0 Å². The fourth-order valence-electron chi connectivity index (χ4n) is 1.87. The normalized spacial score (nSPS) is 10.3. The number of benzene rings is 1. The van der Waals surface area contributed by atoms with Gasteiger partial charge in [0.05, 0.1) is 6.54 Å². The molecule has 0 fully saturated rings. The van der Waals surface area contributed by atoms with E-state index in [1.165, 1.54) is 5.56 Å². The molecule has 20 heavy (non-hydrogen) atoms. The van der Waals surface area contributed by atoms with E-state index in [2.05, 4.69) is 15.5 Å². The minimum Gasteiger partial charge on any atom is -0.366 e. The number of hydrogen-bond donors (Lipinski definition) is 1. The molecule has 5 nitrogen and oxygen atoms in total. The number of aromatic nitrogens is 2. The second-order valence-corrected chi connectivity index (χ2v) is 4.84. The van der Waals surface area contributed by atoms with E-state index in [4.69, 9.17) is 16.7 Å². The van der Waals surface area contributed by atoms with Gasteiger partial charge in [-0.05, 0) is 32.1 Å². The number of nitrogens with one attached hydrogen (secondary N) is 1. The van der Waals surface area contributed by atoms with E-state index in [1.54, 1.807) is 7.05 Å². The zero-order chi connectivity index (χ0) is 14.5. The fourth-order valence-corrected chi connectivity index (χ4v) is 2.06. The molecule has 6 heteroatoms. The summed E-state index contributed by atoms with van der Waals surface area (Å²) in [4.78, 5) is 6.38. The lowest BCUT2D eigenvalue weighted by Gasteiger charge is -2.20. The molecule has 0 saturated heterocycles. The molecule has 106 valence electrons. The van der Waals surface area contributed by atoms with Gasteiger partial charge >= 0.3 is 0 Å². The summed E-state index contributed by atoms with van der Waals surface area (Å²) in [6, 6.07) is 8.02. The molecule has 0 aliphatic rings. The predicted octanol–water partition coefficient (Wildman–Crippen LogP) is 2.37. The maximum atomic E-state index is 5.30. The van der Waals surface area contributed by atoms with Crippen LogP contribution in [0.4, 0.5) is 0 Å². The molecule has 0 atom stereocenters. The van der Waals surface area contributed by atoms with Gasteiger partial charge in [-0.25, -0.2) is 0 Å². The van der Waals surface area contributed by atoms with Crippen LogP contribution in [-0.4, -0.2) is 33.7 Å². The highest BCUT2D eigenvalue weighted by Gasteiger charge is 2.13. The topological polar surface area (TPSA) is 54.2 Å². The Labute approximate surface area is 124 Å². The maximum absolute atomic E-state index is 5.30. The number of aryl methyl sites for hydroxylation is 1. The van der Waals surface area contributed by atoms with Gasteiger partial charge in [-0.2, -0.15) is 4.98 Å². The molecule has 1 aromatic carbocycles. The summed E-state index contributed by atoms with van der Waals surface area (Å²) >= 11 is 5.22. The van der Waals surface area contributed by atoms with Crippen molar-refractivity contribution in [3.05, 3.63) is 35.7 Å². The number of rotatable bonds is 4. The van der Waals surface area contributed by atoms with Crippen molar-refractivity contribution in [1.82, 2.24) is 20.4 Å². The molecule has 0 unspecified atom stereocenters. The van der Waals surface area contributed by atoms with Crippen LogP contribution < -0.4 is 5.32 Å². The minimum absolute atomic E-state index is 0.509. The molecular formula is C14H18N4OS. The van der Waals surface area contributed by atoms with Crippen molar-refractivity contribution in [3.63, 3.8) is 0 Å². The van der Waals surface area contributed by atoms with Gasteiger partial charge in [-0.15, -0.1) is 0 Å². The van der Waals surface area contributed by atoms with Crippen LogP contribution in [0.15, 0.2) is 28.8 Å². The molecule has 0 aliphatic carbocycles. The summed E-state index contributed by atoms with van der Waals surface area (Å²) in [6.07, 6.45) is 0. The molecule has 0 bridgehead atoms. The van der Waals surface area contributed by atoms with Crippen LogP contribution >= 0.6 is 12.2 Å². The maximum Gasteiger partial charge on any atom is 0.246 e. The summed E-state index contributed by atoms with van der Waals surface area (Å²) in [5, 5.41) is 7.64. The van der Waals surface area contributed by atoms with Crippen molar-refractivity contribution in [2.24, 2.45) is 0 Å². The Bertz CT molecular complexity index is 596. The van der Waals surface area contributed by atoms with E-state index >= 15 is 0 Å². The Hall–Kier alpha value is -1.95. The third-order valence-corrected chi connectivity index (χ3v) is 3.42. The van der Waals surface area contributed by atoms with Gasteiger partial charge in [-0.3, -0.25) is 0 Å². The first-order valence-electron chi connectivity index (χ1n) is 6.50. The van der Waals surface area contributed by atoms with E-state index in [-0.39, 0.29) is 0 Å². The molecule has 2 aromatic rings.